The molecule has 0 aliphatic carbocycles. The van der Waals surface area contributed by atoms with Gasteiger partial charge in [-0.05, 0) is 31.5 Å². The Balaban J connectivity index is 1.78. The fourth-order valence-corrected chi connectivity index (χ4v) is 2.60. The molecule has 1 aromatic carbocycles. The highest BCUT2D eigenvalue weighted by Gasteiger charge is 2.14. The van der Waals surface area contributed by atoms with Crippen LogP contribution in [-0.2, 0) is 17.8 Å². The first-order valence-corrected chi connectivity index (χ1v) is 8.01. The van der Waals surface area contributed by atoms with Crippen LogP contribution in [0.4, 0.5) is 0 Å². The number of aliphatic hydroxyl groups is 1. The zero-order chi connectivity index (χ0) is 15.9. The summed E-state index contributed by atoms with van der Waals surface area (Å²) >= 11 is 1.61. The van der Waals surface area contributed by atoms with Crippen molar-refractivity contribution in [3.8, 4) is 5.75 Å². The number of carbonyl (C=O) groups is 1. The predicted molar refractivity (Wildman–Crippen MR) is 86.0 cm³/mol. The van der Waals surface area contributed by atoms with Crippen LogP contribution in [0.15, 0.2) is 29.6 Å². The minimum Gasteiger partial charge on any atom is -0.481 e. The van der Waals surface area contributed by atoms with Crippen molar-refractivity contribution in [1.82, 2.24) is 10.3 Å². The largest absolute Gasteiger partial charge is 0.481 e. The molecule has 0 fully saturated rings. The van der Waals surface area contributed by atoms with Crippen LogP contribution in [0.5, 0.6) is 5.75 Å². The van der Waals surface area contributed by atoms with E-state index in [9.17, 15) is 4.79 Å². The Morgan fingerprint density at radius 2 is 2.32 bits per heavy atom. The summed E-state index contributed by atoms with van der Waals surface area (Å²) in [7, 11) is 0. The predicted octanol–water partition coefficient (Wildman–Crippen LogP) is 2.07. The molecule has 2 rings (SSSR count). The van der Waals surface area contributed by atoms with Gasteiger partial charge < -0.3 is 15.2 Å². The number of aromatic nitrogens is 1. The lowest BCUT2D eigenvalue weighted by Crippen LogP contribution is -2.37. The third kappa shape index (κ3) is 4.82. The summed E-state index contributed by atoms with van der Waals surface area (Å²) in [5.74, 6) is 0.408. The molecule has 6 heteroatoms. The summed E-state index contributed by atoms with van der Waals surface area (Å²) in [5, 5.41) is 15.0. The van der Waals surface area contributed by atoms with Crippen molar-refractivity contribution in [2.24, 2.45) is 0 Å². The van der Waals surface area contributed by atoms with Crippen LogP contribution in [0.25, 0.3) is 0 Å². The molecule has 0 saturated heterocycles. The molecule has 0 spiro atoms. The maximum Gasteiger partial charge on any atom is 0.260 e. The van der Waals surface area contributed by atoms with Crippen LogP contribution in [0.2, 0.25) is 0 Å². The van der Waals surface area contributed by atoms with Crippen molar-refractivity contribution >= 4 is 17.2 Å². The van der Waals surface area contributed by atoms with E-state index in [1.165, 1.54) is 0 Å². The third-order valence-electron chi connectivity index (χ3n) is 3.11. The number of aliphatic hydroxyl groups excluding tert-OH is 1. The number of hydrogen-bond donors (Lipinski definition) is 2. The highest BCUT2D eigenvalue weighted by atomic mass is 32.1. The van der Waals surface area contributed by atoms with Crippen LogP contribution < -0.4 is 10.1 Å². The summed E-state index contributed by atoms with van der Waals surface area (Å²) in [6.07, 6.45) is 0.120. The minimum absolute atomic E-state index is 0.0508. The van der Waals surface area contributed by atoms with Crippen molar-refractivity contribution < 1.29 is 14.6 Å². The lowest BCUT2D eigenvalue weighted by molar-refractivity contribution is -0.127. The third-order valence-corrected chi connectivity index (χ3v) is 3.93. The summed E-state index contributed by atoms with van der Waals surface area (Å²) in [4.78, 5) is 16.3. The minimum atomic E-state index is -0.592. The van der Waals surface area contributed by atoms with Gasteiger partial charge in [0, 0.05) is 18.3 Å². The van der Waals surface area contributed by atoms with Crippen molar-refractivity contribution in [2.75, 3.05) is 6.54 Å². The number of nitrogens with zero attached hydrogens (tertiary/aromatic N) is 1. The van der Waals surface area contributed by atoms with Gasteiger partial charge in [0.1, 0.15) is 5.75 Å². The quantitative estimate of drug-likeness (QED) is 0.819. The average Bonchev–Trinajstić information content (AvgIpc) is 2.92. The van der Waals surface area contributed by atoms with Gasteiger partial charge in [0.05, 0.1) is 17.3 Å². The fourth-order valence-electron chi connectivity index (χ4n) is 1.96. The van der Waals surface area contributed by atoms with Crippen LogP contribution in [0.1, 0.15) is 23.2 Å². The Labute approximate surface area is 134 Å². The van der Waals surface area contributed by atoms with Gasteiger partial charge in [-0.3, -0.25) is 4.79 Å². The molecule has 1 amide bonds. The monoisotopic (exact) mass is 320 g/mol. The van der Waals surface area contributed by atoms with Gasteiger partial charge in [0.2, 0.25) is 0 Å². The second-order valence-corrected chi connectivity index (χ2v) is 6.03. The van der Waals surface area contributed by atoms with E-state index >= 15 is 0 Å². The Bertz CT molecular complexity index is 627. The SMILES string of the molecule is Cc1nc(CCNC(=O)C(C)Oc2cccc(CO)c2)cs1. The van der Waals surface area contributed by atoms with Crippen LogP contribution >= 0.6 is 11.3 Å². The van der Waals surface area contributed by atoms with E-state index in [1.54, 1.807) is 42.5 Å². The molecular formula is C16H20N2O3S. The van der Waals surface area contributed by atoms with Crippen molar-refractivity contribution in [2.45, 2.75) is 33.0 Å². The molecule has 0 aliphatic rings. The van der Waals surface area contributed by atoms with E-state index in [0.717, 1.165) is 16.3 Å². The molecule has 0 bridgehead atoms. The van der Waals surface area contributed by atoms with Crippen molar-refractivity contribution in [1.29, 1.82) is 0 Å². The smallest absolute Gasteiger partial charge is 0.260 e. The number of thiazole rings is 1. The molecule has 2 aromatic rings. The topological polar surface area (TPSA) is 71.5 Å². The molecular weight excluding hydrogens is 300 g/mol. The van der Waals surface area contributed by atoms with E-state index in [-0.39, 0.29) is 12.5 Å². The van der Waals surface area contributed by atoms with Gasteiger partial charge in [-0.2, -0.15) is 0 Å². The number of hydrogen-bond acceptors (Lipinski definition) is 5. The normalized spacial score (nSPS) is 12.0. The van der Waals surface area contributed by atoms with Gasteiger partial charge in [-0.1, -0.05) is 12.1 Å². The number of rotatable bonds is 7. The first-order chi connectivity index (χ1) is 10.6. The second kappa shape index (κ2) is 7.91. The van der Waals surface area contributed by atoms with E-state index in [2.05, 4.69) is 10.3 Å². The Morgan fingerprint density at radius 1 is 1.50 bits per heavy atom. The Hall–Kier alpha value is -1.92. The maximum atomic E-state index is 12.0. The highest BCUT2D eigenvalue weighted by molar-refractivity contribution is 7.09. The summed E-state index contributed by atoms with van der Waals surface area (Å²) < 4.78 is 5.59. The first-order valence-electron chi connectivity index (χ1n) is 7.13. The molecule has 0 saturated carbocycles. The zero-order valence-corrected chi connectivity index (χ0v) is 13.5. The van der Waals surface area contributed by atoms with E-state index in [1.807, 2.05) is 12.3 Å². The summed E-state index contributed by atoms with van der Waals surface area (Å²) in [6, 6.07) is 7.08. The summed E-state index contributed by atoms with van der Waals surface area (Å²) in [6.45, 7) is 4.15. The number of ether oxygens (including phenoxy) is 1. The average molecular weight is 320 g/mol. The van der Waals surface area contributed by atoms with Crippen LogP contribution in [0, 0.1) is 6.92 Å². The number of amides is 1. The van der Waals surface area contributed by atoms with Crippen molar-refractivity contribution in [3.63, 3.8) is 0 Å². The lowest BCUT2D eigenvalue weighted by atomic mass is 10.2. The van der Waals surface area contributed by atoms with Crippen LogP contribution in [-0.4, -0.2) is 28.6 Å². The Kier molecular flexibility index (Phi) is 5.91. The molecule has 2 N–H and O–H groups in total. The molecule has 0 radical (unpaired) electrons. The number of aryl methyl sites for hydroxylation is 1. The standard InChI is InChI=1S/C16H20N2O3S/c1-11(21-15-5-3-4-13(8-15)9-19)16(20)17-7-6-14-10-22-12(2)18-14/h3-5,8,10-11,19H,6-7,9H2,1-2H3,(H,17,20). The molecule has 118 valence electrons. The molecule has 1 unspecified atom stereocenters. The van der Waals surface area contributed by atoms with Crippen molar-refractivity contribution in [3.05, 3.63) is 45.9 Å². The van der Waals surface area contributed by atoms with Gasteiger partial charge in [0.15, 0.2) is 6.10 Å². The second-order valence-electron chi connectivity index (χ2n) is 4.96. The molecule has 1 atom stereocenters. The highest BCUT2D eigenvalue weighted by Crippen LogP contribution is 2.15. The van der Waals surface area contributed by atoms with Crippen LogP contribution in [0.3, 0.4) is 0 Å². The molecule has 1 heterocycles. The van der Waals surface area contributed by atoms with Gasteiger partial charge in [-0.25, -0.2) is 4.98 Å². The fraction of sp³-hybridized carbons (Fsp3) is 0.375. The molecule has 1 aromatic heterocycles. The number of benzene rings is 1. The first kappa shape index (κ1) is 16.5. The molecule has 5 nitrogen and oxygen atoms in total. The zero-order valence-electron chi connectivity index (χ0n) is 12.7. The van der Waals surface area contributed by atoms with E-state index in [4.69, 9.17) is 9.84 Å². The number of carbonyl (C=O) groups excluding carboxylic acids is 1. The van der Waals surface area contributed by atoms with Gasteiger partial charge >= 0.3 is 0 Å². The maximum absolute atomic E-state index is 12.0. The molecule has 22 heavy (non-hydrogen) atoms. The van der Waals surface area contributed by atoms with E-state index < -0.39 is 6.10 Å². The molecule has 0 aliphatic heterocycles. The van der Waals surface area contributed by atoms with E-state index in [0.29, 0.717) is 18.7 Å². The Morgan fingerprint density at radius 3 is 3.00 bits per heavy atom. The lowest BCUT2D eigenvalue weighted by Gasteiger charge is -2.15. The van der Waals surface area contributed by atoms with Gasteiger partial charge in [-0.15, -0.1) is 11.3 Å². The van der Waals surface area contributed by atoms with Gasteiger partial charge in [0.25, 0.3) is 5.91 Å². The number of nitrogens with one attached hydrogen (secondary N) is 1. The summed E-state index contributed by atoms with van der Waals surface area (Å²) in [5.41, 5.74) is 1.75.